The maximum atomic E-state index is 12.1. The first-order chi connectivity index (χ1) is 11.3. The number of amides is 1. The number of halogens is 3. The van der Waals surface area contributed by atoms with E-state index in [1.165, 1.54) is 49.6 Å². The third kappa shape index (κ3) is 4.80. The van der Waals surface area contributed by atoms with E-state index in [-0.39, 0.29) is 17.9 Å². The molecule has 8 heteroatoms. The van der Waals surface area contributed by atoms with Crippen molar-refractivity contribution in [1.82, 2.24) is 0 Å². The van der Waals surface area contributed by atoms with E-state index in [4.69, 9.17) is 15.2 Å². The molecule has 0 aliphatic rings. The molecule has 2 N–H and O–H groups in total. The summed E-state index contributed by atoms with van der Waals surface area (Å²) >= 11 is 0. The van der Waals surface area contributed by atoms with Crippen molar-refractivity contribution in [2.75, 3.05) is 7.11 Å². The molecule has 24 heavy (non-hydrogen) atoms. The fourth-order valence-electron chi connectivity index (χ4n) is 1.89. The van der Waals surface area contributed by atoms with Gasteiger partial charge in [0, 0.05) is 5.56 Å². The molecule has 0 bridgehead atoms. The summed E-state index contributed by atoms with van der Waals surface area (Å²) in [5, 5.41) is 0. The van der Waals surface area contributed by atoms with Crippen LogP contribution < -0.4 is 19.9 Å². The second-order valence-electron chi connectivity index (χ2n) is 4.71. The average Bonchev–Trinajstić information content (AvgIpc) is 2.52. The third-order valence-corrected chi connectivity index (χ3v) is 3.00. The Balaban J connectivity index is 2.04. The lowest BCUT2D eigenvalue weighted by Crippen LogP contribution is -2.17. The number of hydrogen-bond acceptors (Lipinski definition) is 4. The number of hydrogen-bond donors (Lipinski definition) is 1. The van der Waals surface area contributed by atoms with Gasteiger partial charge in [0.25, 0.3) is 0 Å². The Labute approximate surface area is 135 Å². The van der Waals surface area contributed by atoms with Crippen molar-refractivity contribution >= 4 is 5.91 Å². The normalized spacial score (nSPS) is 11.0. The van der Waals surface area contributed by atoms with Crippen molar-refractivity contribution in [3.05, 3.63) is 53.6 Å². The summed E-state index contributed by atoms with van der Waals surface area (Å²) in [7, 11) is 1.41. The van der Waals surface area contributed by atoms with Gasteiger partial charge in [-0.25, -0.2) is 0 Å². The molecule has 2 aromatic carbocycles. The largest absolute Gasteiger partial charge is 0.573 e. The van der Waals surface area contributed by atoms with Gasteiger partial charge in [-0.05, 0) is 35.9 Å². The molecule has 2 aromatic rings. The van der Waals surface area contributed by atoms with Crippen LogP contribution in [0.1, 0.15) is 15.9 Å². The van der Waals surface area contributed by atoms with Crippen LogP contribution >= 0.6 is 0 Å². The van der Waals surface area contributed by atoms with Gasteiger partial charge < -0.3 is 19.9 Å². The van der Waals surface area contributed by atoms with E-state index in [2.05, 4.69) is 4.74 Å². The number of rotatable bonds is 6. The van der Waals surface area contributed by atoms with Crippen LogP contribution in [0.4, 0.5) is 13.2 Å². The number of methoxy groups -OCH3 is 1. The highest BCUT2D eigenvalue weighted by atomic mass is 19.4. The molecule has 1 amide bonds. The Kier molecular flexibility index (Phi) is 5.18. The number of benzene rings is 2. The summed E-state index contributed by atoms with van der Waals surface area (Å²) in [6.45, 7) is 0.0958. The van der Waals surface area contributed by atoms with Crippen LogP contribution in [0, 0.1) is 0 Å². The standard InChI is InChI=1S/C16H14F3NO4/c1-22-14-8-11(15(20)21)4-7-13(14)23-9-10-2-5-12(6-3-10)24-16(17,18)19/h2-8H,9H2,1H3,(H2,20,21). The Hall–Kier alpha value is -2.90. The second-order valence-corrected chi connectivity index (χ2v) is 4.71. The molecule has 0 aromatic heterocycles. The van der Waals surface area contributed by atoms with Gasteiger partial charge in [0.1, 0.15) is 12.4 Å². The van der Waals surface area contributed by atoms with E-state index >= 15 is 0 Å². The lowest BCUT2D eigenvalue weighted by atomic mass is 10.2. The zero-order valence-electron chi connectivity index (χ0n) is 12.6. The molecule has 0 spiro atoms. The molecule has 0 aliphatic heterocycles. The Morgan fingerprint density at radius 1 is 1.08 bits per heavy atom. The summed E-state index contributed by atoms with van der Waals surface area (Å²) in [5.74, 6) is -0.212. The first-order valence-electron chi connectivity index (χ1n) is 6.74. The van der Waals surface area contributed by atoms with Crippen LogP contribution in [0.25, 0.3) is 0 Å². The lowest BCUT2D eigenvalue weighted by Gasteiger charge is -2.12. The van der Waals surface area contributed by atoms with E-state index in [1.54, 1.807) is 0 Å². The van der Waals surface area contributed by atoms with Crippen molar-refractivity contribution in [2.24, 2.45) is 5.73 Å². The molecule has 0 heterocycles. The fourth-order valence-corrected chi connectivity index (χ4v) is 1.89. The molecule has 2 rings (SSSR count). The minimum absolute atomic E-state index is 0.0958. The van der Waals surface area contributed by atoms with E-state index in [0.717, 1.165) is 0 Å². The Morgan fingerprint density at radius 3 is 2.29 bits per heavy atom. The summed E-state index contributed by atoms with van der Waals surface area (Å²) < 4.78 is 50.7. The average molecular weight is 341 g/mol. The number of primary amides is 1. The Morgan fingerprint density at radius 2 is 1.75 bits per heavy atom. The minimum atomic E-state index is -4.73. The molecule has 0 unspecified atom stereocenters. The van der Waals surface area contributed by atoms with Crippen LogP contribution in [-0.4, -0.2) is 19.4 Å². The van der Waals surface area contributed by atoms with Gasteiger partial charge in [0.15, 0.2) is 11.5 Å². The van der Waals surface area contributed by atoms with Crippen LogP contribution in [0.2, 0.25) is 0 Å². The number of alkyl halides is 3. The molecule has 0 atom stereocenters. The second kappa shape index (κ2) is 7.12. The van der Waals surface area contributed by atoms with E-state index < -0.39 is 12.3 Å². The van der Waals surface area contributed by atoms with Gasteiger partial charge in [-0.2, -0.15) is 0 Å². The zero-order valence-corrected chi connectivity index (χ0v) is 12.6. The van der Waals surface area contributed by atoms with E-state index in [9.17, 15) is 18.0 Å². The number of nitrogens with two attached hydrogens (primary N) is 1. The van der Waals surface area contributed by atoms with Crippen LogP contribution in [-0.2, 0) is 6.61 Å². The zero-order chi connectivity index (χ0) is 17.7. The molecule has 0 fully saturated rings. The van der Waals surface area contributed by atoms with Gasteiger partial charge in [0.2, 0.25) is 5.91 Å². The summed E-state index contributed by atoms with van der Waals surface area (Å²) in [6.07, 6.45) is -4.73. The molecule has 0 radical (unpaired) electrons. The van der Waals surface area contributed by atoms with Crippen LogP contribution in [0.5, 0.6) is 17.2 Å². The summed E-state index contributed by atoms with van der Waals surface area (Å²) in [6, 6.07) is 9.74. The van der Waals surface area contributed by atoms with Gasteiger partial charge in [0.05, 0.1) is 7.11 Å². The summed E-state index contributed by atoms with van der Waals surface area (Å²) in [5.41, 5.74) is 6.08. The van der Waals surface area contributed by atoms with E-state index in [1.807, 2.05) is 0 Å². The molecular weight excluding hydrogens is 327 g/mol. The molecule has 0 saturated heterocycles. The predicted octanol–water partition coefficient (Wildman–Crippen LogP) is 3.27. The lowest BCUT2D eigenvalue weighted by molar-refractivity contribution is -0.274. The topological polar surface area (TPSA) is 70.8 Å². The SMILES string of the molecule is COc1cc(C(N)=O)ccc1OCc1ccc(OC(F)(F)F)cc1. The maximum Gasteiger partial charge on any atom is 0.573 e. The molecule has 5 nitrogen and oxygen atoms in total. The Bertz CT molecular complexity index is 714. The minimum Gasteiger partial charge on any atom is -0.493 e. The van der Waals surface area contributed by atoms with Gasteiger partial charge in [-0.1, -0.05) is 12.1 Å². The predicted molar refractivity (Wildman–Crippen MR) is 79.0 cm³/mol. The van der Waals surface area contributed by atoms with Crippen molar-refractivity contribution in [3.63, 3.8) is 0 Å². The van der Waals surface area contributed by atoms with E-state index in [0.29, 0.717) is 17.1 Å². The van der Waals surface area contributed by atoms with Crippen molar-refractivity contribution in [1.29, 1.82) is 0 Å². The quantitative estimate of drug-likeness (QED) is 0.875. The summed E-state index contributed by atoms with van der Waals surface area (Å²) in [4.78, 5) is 11.1. The maximum absolute atomic E-state index is 12.1. The third-order valence-electron chi connectivity index (χ3n) is 3.00. The molecular formula is C16H14F3NO4. The fraction of sp³-hybridized carbons (Fsp3) is 0.188. The van der Waals surface area contributed by atoms with Crippen molar-refractivity contribution in [3.8, 4) is 17.2 Å². The number of ether oxygens (including phenoxy) is 3. The smallest absolute Gasteiger partial charge is 0.493 e. The monoisotopic (exact) mass is 341 g/mol. The highest BCUT2D eigenvalue weighted by Crippen LogP contribution is 2.29. The number of carbonyl (C=O) groups is 1. The highest BCUT2D eigenvalue weighted by molar-refractivity contribution is 5.93. The van der Waals surface area contributed by atoms with Gasteiger partial charge in [-0.15, -0.1) is 13.2 Å². The van der Waals surface area contributed by atoms with Crippen molar-refractivity contribution in [2.45, 2.75) is 13.0 Å². The molecule has 0 saturated carbocycles. The van der Waals surface area contributed by atoms with Crippen molar-refractivity contribution < 1.29 is 32.2 Å². The van der Waals surface area contributed by atoms with Gasteiger partial charge in [-0.3, -0.25) is 4.79 Å². The van der Waals surface area contributed by atoms with Crippen LogP contribution in [0.3, 0.4) is 0 Å². The number of carbonyl (C=O) groups excluding carboxylic acids is 1. The highest BCUT2D eigenvalue weighted by Gasteiger charge is 2.30. The van der Waals surface area contributed by atoms with Gasteiger partial charge >= 0.3 is 6.36 Å². The molecule has 128 valence electrons. The van der Waals surface area contributed by atoms with Crippen LogP contribution in [0.15, 0.2) is 42.5 Å². The first-order valence-corrected chi connectivity index (χ1v) is 6.74. The first kappa shape index (κ1) is 17.5. The molecule has 0 aliphatic carbocycles.